The number of rotatable bonds is 12. The van der Waals surface area contributed by atoms with E-state index in [0.29, 0.717) is 6.61 Å². The molecular weight excluding hydrogens is 238 g/mol. The lowest BCUT2D eigenvalue weighted by molar-refractivity contribution is 0.249. The van der Waals surface area contributed by atoms with Crippen molar-refractivity contribution in [1.29, 1.82) is 0 Å². The van der Waals surface area contributed by atoms with Gasteiger partial charge in [-0.25, -0.2) is 4.99 Å². The number of hydrogen-bond acceptors (Lipinski definition) is 3. The first-order valence-electron chi connectivity index (χ1n) is 8.17. The van der Waals surface area contributed by atoms with Gasteiger partial charge < -0.3 is 9.84 Å². The monoisotopic (exact) mass is 269 g/mol. The van der Waals surface area contributed by atoms with Crippen LogP contribution in [-0.4, -0.2) is 30.3 Å². The summed E-state index contributed by atoms with van der Waals surface area (Å²) in [4.78, 5) is 4.48. The fourth-order valence-electron chi connectivity index (χ4n) is 2.49. The molecule has 0 saturated heterocycles. The molecule has 0 bridgehead atoms. The van der Waals surface area contributed by atoms with Crippen molar-refractivity contribution in [1.82, 2.24) is 0 Å². The second-order valence-corrected chi connectivity index (χ2v) is 5.58. The molecule has 0 aliphatic carbocycles. The molecule has 1 rings (SSSR count). The molecule has 0 spiro atoms. The van der Waals surface area contributed by atoms with E-state index in [1.54, 1.807) is 0 Å². The van der Waals surface area contributed by atoms with Crippen LogP contribution in [0.1, 0.15) is 77.6 Å². The largest absolute Gasteiger partial charge is 0.479 e. The Labute approximate surface area is 118 Å². The van der Waals surface area contributed by atoms with E-state index < -0.39 is 0 Å². The smallest absolute Gasteiger partial charge is 0.183 e. The van der Waals surface area contributed by atoms with Crippen LogP contribution in [0.5, 0.6) is 0 Å². The Kier molecular flexibility index (Phi) is 9.78. The van der Waals surface area contributed by atoms with Gasteiger partial charge >= 0.3 is 0 Å². The molecule has 3 heteroatoms. The Morgan fingerprint density at radius 2 is 1.68 bits per heavy atom. The molecule has 19 heavy (non-hydrogen) atoms. The molecule has 0 aromatic rings. The SMILES string of the molecule is CCCCCCCCCCCC1=NC(CCO)CO1. The Morgan fingerprint density at radius 3 is 2.32 bits per heavy atom. The number of aliphatic imine (C=N–C) groups is 1. The molecule has 0 fully saturated rings. The molecule has 1 aliphatic heterocycles. The fourth-order valence-corrected chi connectivity index (χ4v) is 2.49. The summed E-state index contributed by atoms with van der Waals surface area (Å²) in [7, 11) is 0. The number of ether oxygens (including phenoxy) is 1. The summed E-state index contributed by atoms with van der Waals surface area (Å²) in [5, 5.41) is 8.84. The third-order valence-corrected chi connectivity index (χ3v) is 3.73. The van der Waals surface area contributed by atoms with Crippen molar-refractivity contribution in [2.75, 3.05) is 13.2 Å². The molecule has 0 aromatic heterocycles. The zero-order valence-electron chi connectivity index (χ0n) is 12.6. The van der Waals surface area contributed by atoms with E-state index in [1.807, 2.05) is 0 Å². The summed E-state index contributed by atoms with van der Waals surface area (Å²) in [5.41, 5.74) is 0. The first-order valence-corrected chi connectivity index (χ1v) is 8.17. The standard InChI is InChI=1S/C16H31NO2/c1-2-3-4-5-6-7-8-9-10-11-16-17-15(12-13-18)14-19-16/h15,18H,2-14H2,1H3. The molecule has 1 unspecified atom stereocenters. The van der Waals surface area contributed by atoms with Crippen LogP contribution < -0.4 is 0 Å². The van der Waals surface area contributed by atoms with E-state index in [2.05, 4.69) is 11.9 Å². The van der Waals surface area contributed by atoms with E-state index in [4.69, 9.17) is 9.84 Å². The van der Waals surface area contributed by atoms with Crippen LogP contribution in [0.25, 0.3) is 0 Å². The van der Waals surface area contributed by atoms with Gasteiger partial charge in [0, 0.05) is 13.0 Å². The van der Waals surface area contributed by atoms with Gasteiger partial charge in [-0.3, -0.25) is 0 Å². The molecule has 0 radical (unpaired) electrons. The molecule has 1 heterocycles. The van der Waals surface area contributed by atoms with Crippen LogP contribution >= 0.6 is 0 Å². The van der Waals surface area contributed by atoms with E-state index in [1.165, 1.54) is 57.8 Å². The van der Waals surface area contributed by atoms with Gasteiger partial charge in [0.1, 0.15) is 6.61 Å². The number of aliphatic hydroxyl groups is 1. The minimum Gasteiger partial charge on any atom is -0.479 e. The van der Waals surface area contributed by atoms with Crippen molar-refractivity contribution < 1.29 is 9.84 Å². The first-order chi connectivity index (χ1) is 9.36. The van der Waals surface area contributed by atoms with Crippen LogP contribution in [0.2, 0.25) is 0 Å². The van der Waals surface area contributed by atoms with Gasteiger partial charge in [0.05, 0.1) is 6.04 Å². The van der Waals surface area contributed by atoms with Crippen LogP contribution in [0.3, 0.4) is 0 Å². The Bertz CT molecular complexity index is 241. The molecule has 0 saturated carbocycles. The lowest BCUT2D eigenvalue weighted by Crippen LogP contribution is -2.07. The third kappa shape index (κ3) is 8.25. The Balaban J connectivity index is 1.87. The van der Waals surface area contributed by atoms with Crippen molar-refractivity contribution in [3.63, 3.8) is 0 Å². The van der Waals surface area contributed by atoms with E-state index in [0.717, 1.165) is 18.7 Å². The highest BCUT2D eigenvalue weighted by Crippen LogP contribution is 2.14. The maximum Gasteiger partial charge on any atom is 0.183 e. The molecule has 1 N–H and O–H groups in total. The van der Waals surface area contributed by atoms with Gasteiger partial charge in [0.25, 0.3) is 0 Å². The summed E-state index contributed by atoms with van der Waals surface area (Å²) in [6, 6.07) is 0.207. The summed E-state index contributed by atoms with van der Waals surface area (Å²) in [5.74, 6) is 0.918. The zero-order chi connectivity index (χ0) is 13.8. The minimum absolute atomic E-state index is 0.207. The van der Waals surface area contributed by atoms with Gasteiger partial charge in [-0.1, -0.05) is 58.3 Å². The summed E-state index contributed by atoms with van der Waals surface area (Å²) >= 11 is 0. The second-order valence-electron chi connectivity index (χ2n) is 5.58. The number of hydrogen-bond donors (Lipinski definition) is 1. The topological polar surface area (TPSA) is 41.8 Å². The molecule has 1 atom stereocenters. The van der Waals surface area contributed by atoms with Crippen molar-refractivity contribution in [3.8, 4) is 0 Å². The average Bonchev–Trinajstić information content (AvgIpc) is 2.85. The van der Waals surface area contributed by atoms with Crippen molar-refractivity contribution in [2.45, 2.75) is 83.6 Å². The first kappa shape index (κ1) is 16.5. The normalized spacial score (nSPS) is 18.4. The fraction of sp³-hybridized carbons (Fsp3) is 0.938. The maximum absolute atomic E-state index is 8.84. The average molecular weight is 269 g/mol. The predicted octanol–water partition coefficient (Wildman–Crippen LogP) is 4.09. The molecule has 0 aromatic carbocycles. The number of nitrogens with zero attached hydrogens (tertiary/aromatic N) is 1. The minimum atomic E-state index is 0.207. The van der Waals surface area contributed by atoms with Gasteiger partial charge in [-0.15, -0.1) is 0 Å². The Morgan fingerprint density at radius 1 is 1.05 bits per heavy atom. The van der Waals surface area contributed by atoms with Crippen molar-refractivity contribution in [3.05, 3.63) is 0 Å². The van der Waals surface area contributed by atoms with Gasteiger partial charge in [-0.05, 0) is 12.8 Å². The second kappa shape index (κ2) is 11.3. The van der Waals surface area contributed by atoms with Crippen molar-refractivity contribution in [2.24, 2.45) is 4.99 Å². The maximum atomic E-state index is 8.84. The molecule has 1 aliphatic rings. The highest BCUT2D eigenvalue weighted by atomic mass is 16.5. The quantitative estimate of drug-likeness (QED) is 0.542. The van der Waals surface area contributed by atoms with Gasteiger partial charge in [0.15, 0.2) is 5.90 Å². The lowest BCUT2D eigenvalue weighted by atomic mass is 10.1. The third-order valence-electron chi connectivity index (χ3n) is 3.73. The van der Waals surface area contributed by atoms with E-state index >= 15 is 0 Å². The van der Waals surface area contributed by atoms with Crippen LogP contribution in [0.4, 0.5) is 0 Å². The molecule has 112 valence electrons. The predicted molar refractivity (Wildman–Crippen MR) is 80.7 cm³/mol. The van der Waals surface area contributed by atoms with Crippen LogP contribution in [0, 0.1) is 0 Å². The number of aliphatic hydroxyl groups excluding tert-OH is 1. The number of unbranched alkanes of at least 4 members (excludes halogenated alkanes) is 8. The molecule has 0 amide bonds. The molecule has 3 nitrogen and oxygen atoms in total. The summed E-state index contributed by atoms with van der Waals surface area (Å²) in [6.07, 6.45) is 13.9. The summed E-state index contributed by atoms with van der Waals surface area (Å²) in [6.45, 7) is 3.15. The van der Waals surface area contributed by atoms with Crippen LogP contribution in [0.15, 0.2) is 4.99 Å². The highest BCUT2D eigenvalue weighted by Gasteiger charge is 2.17. The van der Waals surface area contributed by atoms with E-state index in [-0.39, 0.29) is 12.6 Å². The van der Waals surface area contributed by atoms with Gasteiger partial charge in [0.2, 0.25) is 0 Å². The zero-order valence-corrected chi connectivity index (χ0v) is 12.6. The van der Waals surface area contributed by atoms with Crippen molar-refractivity contribution >= 4 is 5.90 Å². The summed E-state index contributed by atoms with van der Waals surface area (Å²) < 4.78 is 5.53. The molecular formula is C16H31NO2. The lowest BCUT2D eigenvalue weighted by Gasteiger charge is -2.02. The Hall–Kier alpha value is -0.570. The van der Waals surface area contributed by atoms with E-state index in [9.17, 15) is 0 Å². The van der Waals surface area contributed by atoms with Crippen LogP contribution in [-0.2, 0) is 4.74 Å². The highest BCUT2D eigenvalue weighted by molar-refractivity contribution is 5.77. The van der Waals surface area contributed by atoms with Gasteiger partial charge in [-0.2, -0.15) is 0 Å².